The second kappa shape index (κ2) is 7.26. The van der Waals surface area contributed by atoms with Gasteiger partial charge in [0.15, 0.2) is 0 Å². The summed E-state index contributed by atoms with van der Waals surface area (Å²) in [5.41, 5.74) is 1.07. The van der Waals surface area contributed by atoms with Crippen LogP contribution in [0.15, 0.2) is 60.0 Å². The van der Waals surface area contributed by atoms with Gasteiger partial charge in [-0.2, -0.15) is 9.40 Å². The molecule has 1 aliphatic heterocycles. The quantitative estimate of drug-likeness (QED) is 0.715. The number of sulfonamides is 1. The molecule has 0 aliphatic carbocycles. The molecule has 9 heteroatoms. The fourth-order valence-corrected chi connectivity index (χ4v) is 4.70. The average Bonchev–Trinajstić information content (AvgIpc) is 3.35. The number of H-pyrrole nitrogens is 1. The normalized spacial score (nSPS) is 19.4. The van der Waals surface area contributed by atoms with E-state index in [4.69, 9.17) is 0 Å². The van der Waals surface area contributed by atoms with Crippen LogP contribution in [0.5, 0.6) is 0 Å². The smallest absolute Gasteiger partial charge is 0.246 e. The van der Waals surface area contributed by atoms with Crippen LogP contribution in [-0.4, -0.2) is 64.1 Å². The van der Waals surface area contributed by atoms with E-state index in [0.29, 0.717) is 26.2 Å². The van der Waals surface area contributed by atoms with Gasteiger partial charge < -0.3 is 4.98 Å². The van der Waals surface area contributed by atoms with Crippen LogP contribution in [0.25, 0.3) is 0 Å². The van der Waals surface area contributed by atoms with Gasteiger partial charge in [-0.1, -0.05) is 30.3 Å². The minimum Gasteiger partial charge on any atom is -0.347 e. The first-order valence-corrected chi connectivity index (χ1v) is 10.2. The molecule has 0 spiro atoms. The Balaban J connectivity index is 1.53. The molecule has 1 aliphatic rings. The van der Waals surface area contributed by atoms with Gasteiger partial charge in [0.2, 0.25) is 10.0 Å². The van der Waals surface area contributed by atoms with E-state index < -0.39 is 10.0 Å². The summed E-state index contributed by atoms with van der Waals surface area (Å²) in [6.45, 7) is 1.98. The molecule has 0 unspecified atom stereocenters. The molecule has 2 aromatic heterocycles. The van der Waals surface area contributed by atoms with E-state index in [1.807, 2.05) is 37.4 Å². The van der Waals surface area contributed by atoms with E-state index in [9.17, 15) is 8.42 Å². The Morgan fingerprint density at radius 3 is 2.78 bits per heavy atom. The fraction of sp³-hybridized carbons (Fsp3) is 0.333. The van der Waals surface area contributed by atoms with Crippen molar-refractivity contribution in [3.63, 3.8) is 0 Å². The van der Waals surface area contributed by atoms with Crippen molar-refractivity contribution in [2.45, 2.75) is 17.5 Å². The Morgan fingerprint density at radius 2 is 2.04 bits per heavy atom. The lowest BCUT2D eigenvalue weighted by Gasteiger charge is -2.37. The van der Waals surface area contributed by atoms with Crippen molar-refractivity contribution < 1.29 is 8.42 Å². The maximum atomic E-state index is 13.1. The highest BCUT2D eigenvalue weighted by atomic mass is 32.2. The Morgan fingerprint density at radius 1 is 1.22 bits per heavy atom. The standard InChI is InChI=1S/C18H22N6O2S/c1-22-9-10-24(14-17(22)18-19-7-8-20-18)27(25,26)16-11-21-23(13-16)12-15-5-3-2-4-6-15/h2-8,11,13,17H,9-10,12,14H2,1H3,(H,19,20)/t17-/m1/s1. The molecule has 0 amide bonds. The second-order valence-corrected chi connectivity index (χ2v) is 8.63. The lowest BCUT2D eigenvalue weighted by Crippen LogP contribution is -2.49. The molecule has 1 saturated heterocycles. The zero-order valence-electron chi connectivity index (χ0n) is 15.1. The summed E-state index contributed by atoms with van der Waals surface area (Å²) in [4.78, 5) is 9.72. The monoisotopic (exact) mass is 386 g/mol. The van der Waals surface area contributed by atoms with Gasteiger partial charge in [0, 0.05) is 38.2 Å². The summed E-state index contributed by atoms with van der Waals surface area (Å²) in [7, 11) is -1.62. The van der Waals surface area contributed by atoms with Gasteiger partial charge >= 0.3 is 0 Å². The Kier molecular flexibility index (Phi) is 4.81. The molecule has 142 valence electrons. The van der Waals surface area contributed by atoms with Crippen LogP contribution < -0.4 is 0 Å². The highest BCUT2D eigenvalue weighted by Crippen LogP contribution is 2.25. The average molecular weight is 386 g/mol. The van der Waals surface area contributed by atoms with Crippen LogP contribution in [0, 0.1) is 0 Å². The second-order valence-electron chi connectivity index (χ2n) is 6.69. The third-order valence-corrected chi connectivity index (χ3v) is 6.70. The van der Waals surface area contributed by atoms with Crippen LogP contribution in [0.3, 0.4) is 0 Å². The molecule has 1 aromatic carbocycles. The molecule has 0 saturated carbocycles. The zero-order chi connectivity index (χ0) is 18.9. The summed E-state index contributed by atoms with van der Waals surface area (Å²) in [5, 5.41) is 4.24. The van der Waals surface area contributed by atoms with Crippen molar-refractivity contribution >= 4 is 10.0 Å². The molecule has 3 aromatic rings. The number of piperazine rings is 1. The number of imidazole rings is 1. The molecular formula is C18H22N6O2S. The molecule has 1 fully saturated rings. The molecule has 0 bridgehead atoms. The Labute approximate surface area is 158 Å². The number of rotatable bonds is 5. The maximum Gasteiger partial charge on any atom is 0.246 e. The van der Waals surface area contributed by atoms with Crippen molar-refractivity contribution in [3.8, 4) is 0 Å². The number of nitrogens with one attached hydrogen (secondary N) is 1. The predicted molar refractivity (Wildman–Crippen MR) is 100 cm³/mol. The first kappa shape index (κ1) is 17.9. The topological polar surface area (TPSA) is 87.1 Å². The van der Waals surface area contributed by atoms with Crippen molar-refractivity contribution in [2.24, 2.45) is 0 Å². The SMILES string of the molecule is CN1CCN(S(=O)(=O)c2cnn(Cc3ccccc3)c2)C[C@@H]1c1ncc[nH]1. The van der Waals surface area contributed by atoms with Crippen LogP contribution in [0.1, 0.15) is 17.4 Å². The summed E-state index contributed by atoms with van der Waals surface area (Å²) in [6, 6.07) is 9.74. The highest BCUT2D eigenvalue weighted by Gasteiger charge is 2.35. The van der Waals surface area contributed by atoms with E-state index in [2.05, 4.69) is 20.0 Å². The molecule has 0 radical (unpaired) electrons. The minimum atomic E-state index is -3.60. The van der Waals surface area contributed by atoms with E-state index in [0.717, 1.165) is 11.4 Å². The van der Waals surface area contributed by atoms with Gasteiger partial charge in [-0.05, 0) is 12.6 Å². The number of benzene rings is 1. The first-order valence-electron chi connectivity index (χ1n) is 8.80. The summed E-state index contributed by atoms with van der Waals surface area (Å²) >= 11 is 0. The third-order valence-electron chi connectivity index (χ3n) is 4.88. The number of aromatic amines is 1. The zero-order valence-corrected chi connectivity index (χ0v) is 15.9. The van der Waals surface area contributed by atoms with Gasteiger partial charge in [0.25, 0.3) is 0 Å². The van der Waals surface area contributed by atoms with Gasteiger partial charge in [-0.25, -0.2) is 13.4 Å². The van der Waals surface area contributed by atoms with Gasteiger partial charge in [0.05, 0.1) is 18.8 Å². The lowest BCUT2D eigenvalue weighted by atomic mass is 10.2. The molecule has 4 rings (SSSR count). The number of hydrogen-bond acceptors (Lipinski definition) is 5. The Hall–Kier alpha value is -2.49. The van der Waals surface area contributed by atoms with Gasteiger partial charge in [-0.15, -0.1) is 0 Å². The molecule has 1 atom stereocenters. The Bertz CT molecular complexity index is 984. The number of likely N-dealkylation sites (N-methyl/N-ethyl adjacent to an activating group) is 1. The number of nitrogens with zero attached hydrogens (tertiary/aromatic N) is 5. The molecule has 27 heavy (non-hydrogen) atoms. The molecule has 3 heterocycles. The summed E-state index contributed by atoms with van der Waals surface area (Å²) in [5.74, 6) is 0.775. The van der Waals surface area contributed by atoms with Gasteiger partial charge in [-0.3, -0.25) is 9.58 Å². The van der Waals surface area contributed by atoms with Crippen molar-refractivity contribution in [3.05, 3.63) is 66.5 Å². The van der Waals surface area contributed by atoms with E-state index >= 15 is 0 Å². The lowest BCUT2D eigenvalue weighted by molar-refractivity contribution is 0.142. The summed E-state index contributed by atoms with van der Waals surface area (Å²) in [6.07, 6.45) is 6.47. The third kappa shape index (κ3) is 3.66. The van der Waals surface area contributed by atoms with Crippen molar-refractivity contribution in [1.29, 1.82) is 0 Å². The fourth-order valence-electron chi connectivity index (χ4n) is 3.31. The van der Waals surface area contributed by atoms with Crippen LogP contribution >= 0.6 is 0 Å². The summed E-state index contributed by atoms with van der Waals surface area (Å²) < 4.78 is 29.4. The minimum absolute atomic E-state index is 0.0945. The predicted octanol–water partition coefficient (Wildman–Crippen LogP) is 1.33. The van der Waals surface area contributed by atoms with E-state index in [-0.39, 0.29) is 10.9 Å². The maximum absolute atomic E-state index is 13.1. The van der Waals surface area contributed by atoms with Crippen molar-refractivity contribution in [2.75, 3.05) is 26.7 Å². The van der Waals surface area contributed by atoms with Crippen molar-refractivity contribution in [1.82, 2.24) is 29.0 Å². The van der Waals surface area contributed by atoms with Gasteiger partial charge in [0.1, 0.15) is 10.7 Å². The molecule has 8 nitrogen and oxygen atoms in total. The molecular weight excluding hydrogens is 364 g/mol. The molecule has 1 N–H and O–H groups in total. The van der Waals surface area contributed by atoms with Crippen LogP contribution in [0.2, 0.25) is 0 Å². The van der Waals surface area contributed by atoms with E-state index in [1.165, 1.54) is 10.5 Å². The van der Waals surface area contributed by atoms with E-state index in [1.54, 1.807) is 23.3 Å². The largest absolute Gasteiger partial charge is 0.347 e. The van der Waals surface area contributed by atoms with Crippen LogP contribution in [-0.2, 0) is 16.6 Å². The first-order chi connectivity index (χ1) is 13.0. The number of hydrogen-bond donors (Lipinski definition) is 1. The highest BCUT2D eigenvalue weighted by molar-refractivity contribution is 7.89. The number of aromatic nitrogens is 4. The van der Waals surface area contributed by atoms with Crippen LogP contribution in [0.4, 0.5) is 0 Å².